The number of benzene rings is 2. The summed E-state index contributed by atoms with van der Waals surface area (Å²) in [4.78, 5) is 23.2. The zero-order valence-electron chi connectivity index (χ0n) is 14.8. The van der Waals surface area contributed by atoms with E-state index in [9.17, 15) is 9.59 Å². The zero-order valence-corrected chi connectivity index (χ0v) is 14.8. The molecule has 0 saturated carbocycles. The molecule has 0 spiro atoms. The van der Waals surface area contributed by atoms with E-state index >= 15 is 0 Å². The summed E-state index contributed by atoms with van der Waals surface area (Å²) in [5, 5.41) is 16.6. The summed E-state index contributed by atoms with van der Waals surface area (Å²) in [6.45, 7) is 1.45. The smallest absolute Gasteiger partial charge is 0.229 e. The monoisotopic (exact) mass is 361 g/mol. The summed E-state index contributed by atoms with van der Waals surface area (Å²) < 4.78 is 0. The quantitative estimate of drug-likeness (QED) is 0.626. The fourth-order valence-corrected chi connectivity index (χ4v) is 2.46. The third-order valence-corrected chi connectivity index (χ3v) is 3.59. The largest absolute Gasteiger partial charge is 0.339 e. The molecule has 1 aromatic heterocycles. The standard InChI is InChI=1S/C20H19N5O2/c1-14(26)21-16-8-5-9-17(13-16)22-18-10-11-19(25-24-18)23-20(27)12-15-6-3-2-4-7-15/h2-11,13H,12H2,1H3,(H,21,26)(H,22,24)(H,23,25,27). The van der Waals surface area contributed by atoms with Crippen molar-refractivity contribution in [1.82, 2.24) is 10.2 Å². The lowest BCUT2D eigenvalue weighted by Gasteiger charge is -2.08. The van der Waals surface area contributed by atoms with Gasteiger partial charge in [0.15, 0.2) is 11.6 Å². The molecule has 0 fully saturated rings. The van der Waals surface area contributed by atoms with Crippen LogP contribution in [0.25, 0.3) is 0 Å². The molecule has 7 nitrogen and oxygen atoms in total. The first kappa shape index (κ1) is 18.1. The molecular formula is C20H19N5O2. The fraction of sp³-hybridized carbons (Fsp3) is 0.100. The number of carbonyl (C=O) groups is 2. The molecule has 3 N–H and O–H groups in total. The number of anilines is 4. The van der Waals surface area contributed by atoms with Gasteiger partial charge >= 0.3 is 0 Å². The van der Waals surface area contributed by atoms with Gasteiger partial charge in [0.25, 0.3) is 0 Å². The Balaban J connectivity index is 1.58. The van der Waals surface area contributed by atoms with E-state index in [0.29, 0.717) is 17.3 Å². The number of rotatable bonds is 6. The van der Waals surface area contributed by atoms with Crippen molar-refractivity contribution in [3.8, 4) is 0 Å². The van der Waals surface area contributed by atoms with Gasteiger partial charge in [0.05, 0.1) is 6.42 Å². The molecule has 0 atom stereocenters. The second kappa shape index (κ2) is 8.57. The molecule has 7 heteroatoms. The van der Waals surface area contributed by atoms with E-state index in [0.717, 1.165) is 11.3 Å². The van der Waals surface area contributed by atoms with Gasteiger partial charge in [-0.3, -0.25) is 9.59 Å². The minimum absolute atomic E-state index is 0.137. The summed E-state index contributed by atoms with van der Waals surface area (Å²) in [5.41, 5.74) is 2.38. The maximum atomic E-state index is 12.1. The molecule has 0 bridgehead atoms. The Morgan fingerprint density at radius 3 is 2.22 bits per heavy atom. The van der Waals surface area contributed by atoms with Crippen molar-refractivity contribution in [2.24, 2.45) is 0 Å². The van der Waals surface area contributed by atoms with Crippen LogP contribution in [0.3, 0.4) is 0 Å². The van der Waals surface area contributed by atoms with Crippen LogP contribution in [0, 0.1) is 0 Å². The van der Waals surface area contributed by atoms with Crippen LogP contribution in [0.5, 0.6) is 0 Å². The summed E-state index contributed by atoms with van der Waals surface area (Å²) in [5.74, 6) is 0.617. The molecule has 3 aromatic rings. The van der Waals surface area contributed by atoms with Gasteiger partial charge in [-0.15, -0.1) is 10.2 Å². The summed E-state index contributed by atoms with van der Waals surface area (Å²) in [7, 11) is 0. The first-order valence-electron chi connectivity index (χ1n) is 8.41. The Morgan fingerprint density at radius 1 is 0.815 bits per heavy atom. The molecule has 27 heavy (non-hydrogen) atoms. The highest BCUT2D eigenvalue weighted by atomic mass is 16.2. The van der Waals surface area contributed by atoms with Crippen molar-refractivity contribution in [2.75, 3.05) is 16.0 Å². The van der Waals surface area contributed by atoms with Gasteiger partial charge in [0.2, 0.25) is 11.8 Å². The van der Waals surface area contributed by atoms with Crippen LogP contribution in [-0.2, 0) is 16.0 Å². The molecule has 3 rings (SSSR count). The van der Waals surface area contributed by atoms with Gasteiger partial charge in [0.1, 0.15) is 0 Å². The molecule has 136 valence electrons. The molecule has 2 amide bonds. The first-order valence-corrected chi connectivity index (χ1v) is 8.41. The van der Waals surface area contributed by atoms with E-state index in [1.165, 1.54) is 6.92 Å². The highest BCUT2D eigenvalue weighted by molar-refractivity contribution is 5.91. The molecule has 0 radical (unpaired) electrons. The van der Waals surface area contributed by atoms with Crippen LogP contribution in [-0.4, -0.2) is 22.0 Å². The minimum Gasteiger partial charge on any atom is -0.339 e. The van der Waals surface area contributed by atoms with Gasteiger partial charge in [-0.05, 0) is 35.9 Å². The van der Waals surface area contributed by atoms with E-state index in [4.69, 9.17) is 0 Å². The Bertz CT molecular complexity index is 927. The lowest BCUT2D eigenvalue weighted by molar-refractivity contribution is -0.116. The third-order valence-electron chi connectivity index (χ3n) is 3.59. The van der Waals surface area contributed by atoms with Crippen LogP contribution in [0.15, 0.2) is 66.7 Å². The van der Waals surface area contributed by atoms with Gasteiger partial charge in [-0.1, -0.05) is 36.4 Å². The van der Waals surface area contributed by atoms with E-state index in [1.54, 1.807) is 24.3 Å². The van der Waals surface area contributed by atoms with Crippen molar-refractivity contribution in [3.05, 3.63) is 72.3 Å². The molecule has 0 aliphatic heterocycles. The Morgan fingerprint density at radius 2 is 1.52 bits per heavy atom. The number of carbonyl (C=O) groups excluding carboxylic acids is 2. The van der Waals surface area contributed by atoms with Gasteiger partial charge < -0.3 is 16.0 Å². The topological polar surface area (TPSA) is 96.0 Å². The van der Waals surface area contributed by atoms with Gasteiger partial charge in [0, 0.05) is 18.3 Å². The maximum Gasteiger partial charge on any atom is 0.229 e. The maximum absolute atomic E-state index is 12.1. The zero-order chi connectivity index (χ0) is 19.1. The number of amides is 2. The van der Waals surface area contributed by atoms with E-state index in [1.807, 2.05) is 42.5 Å². The number of nitrogens with one attached hydrogen (secondary N) is 3. The lowest BCUT2D eigenvalue weighted by Crippen LogP contribution is -2.15. The van der Waals surface area contributed by atoms with Crippen LogP contribution >= 0.6 is 0 Å². The lowest BCUT2D eigenvalue weighted by atomic mass is 10.1. The average Bonchev–Trinajstić information content (AvgIpc) is 2.64. The predicted octanol–water partition coefficient (Wildman–Crippen LogP) is 3.36. The normalized spacial score (nSPS) is 10.1. The average molecular weight is 361 g/mol. The Labute approximate surface area is 156 Å². The molecular weight excluding hydrogens is 342 g/mol. The van der Waals surface area contributed by atoms with Crippen LogP contribution in [0.2, 0.25) is 0 Å². The molecule has 0 aliphatic carbocycles. The van der Waals surface area contributed by atoms with Crippen LogP contribution < -0.4 is 16.0 Å². The van der Waals surface area contributed by atoms with Crippen molar-refractivity contribution >= 4 is 34.8 Å². The van der Waals surface area contributed by atoms with E-state index in [-0.39, 0.29) is 18.2 Å². The molecule has 1 heterocycles. The second-order valence-corrected chi connectivity index (χ2v) is 5.90. The Kier molecular flexibility index (Phi) is 5.73. The van der Waals surface area contributed by atoms with E-state index < -0.39 is 0 Å². The molecule has 2 aromatic carbocycles. The highest BCUT2D eigenvalue weighted by Crippen LogP contribution is 2.19. The Hall–Kier alpha value is -3.74. The SMILES string of the molecule is CC(=O)Nc1cccc(Nc2ccc(NC(=O)Cc3ccccc3)nn2)c1. The summed E-state index contributed by atoms with van der Waals surface area (Å²) in [6.07, 6.45) is 0.276. The summed E-state index contributed by atoms with van der Waals surface area (Å²) >= 11 is 0. The van der Waals surface area contributed by atoms with E-state index in [2.05, 4.69) is 26.1 Å². The predicted molar refractivity (Wildman–Crippen MR) is 105 cm³/mol. The van der Waals surface area contributed by atoms with Crippen molar-refractivity contribution in [2.45, 2.75) is 13.3 Å². The highest BCUT2D eigenvalue weighted by Gasteiger charge is 2.06. The van der Waals surface area contributed by atoms with Crippen molar-refractivity contribution < 1.29 is 9.59 Å². The number of aromatic nitrogens is 2. The minimum atomic E-state index is -0.154. The molecule has 0 unspecified atom stereocenters. The van der Waals surface area contributed by atoms with Gasteiger partial charge in [-0.2, -0.15) is 0 Å². The fourth-order valence-electron chi connectivity index (χ4n) is 2.46. The second-order valence-electron chi connectivity index (χ2n) is 5.90. The number of hydrogen-bond donors (Lipinski definition) is 3. The van der Waals surface area contributed by atoms with Crippen LogP contribution in [0.4, 0.5) is 23.0 Å². The van der Waals surface area contributed by atoms with Crippen LogP contribution in [0.1, 0.15) is 12.5 Å². The number of nitrogens with zero attached hydrogens (tertiary/aromatic N) is 2. The first-order chi connectivity index (χ1) is 13.1. The van der Waals surface area contributed by atoms with Gasteiger partial charge in [-0.25, -0.2) is 0 Å². The van der Waals surface area contributed by atoms with Crippen molar-refractivity contribution in [3.63, 3.8) is 0 Å². The molecule has 0 saturated heterocycles. The third kappa shape index (κ3) is 5.64. The number of hydrogen-bond acceptors (Lipinski definition) is 5. The van der Waals surface area contributed by atoms with Crippen molar-refractivity contribution in [1.29, 1.82) is 0 Å². The molecule has 0 aliphatic rings. The summed E-state index contributed by atoms with van der Waals surface area (Å²) in [6, 6.07) is 20.1.